The van der Waals surface area contributed by atoms with Gasteiger partial charge < -0.3 is 9.47 Å². The van der Waals surface area contributed by atoms with Gasteiger partial charge in [0, 0.05) is 16.0 Å². The van der Waals surface area contributed by atoms with Crippen molar-refractivity contribution in [3.63, 3.8) is 0 Å². The molecule has 1 saturated carbocycles. The first kappa shape index (κ1) is 17.5. The van der Waals surface area contributed by atoms with E-state index in [-0.39, 0.29) is 11.8 Å². The van der Waals surface area contributed by atoms with Crippen molar-refractivity contribution in [1.29, 1.82) is 0 Å². The van der Waals surface area contributed by atoms with Crippen molar-refractivity contribution in [2.45, 2.75) is 19.4 Å². The van der Waals surface area contributed by atoms with E-state index in [1.807, 2.05) is 42.5 Å². The zero-order chi connectivity index (χ0) is 17.6. The van der Waals surface area contributed by atoms with Crippen LogP contribution in [0.5, 0.6) is 11.5 Å². The summed E-state index contributed by atoms with van der Waals surface area (Å²) in [5.41, 5.74) is 4.34. The highest BCUT2D eigenvalue weighted by Gasteiger charge is 2.29. The van der Waals surface area contributed by atoms with Crippen LogP contribution < -0.4 is 14.9 Å². The first-order valence-electron chi connectivity index (χ1n) is 8.04. The lowest BCUT2D eigenvalue weighted by atomic mass is 10.1. The Morgan fingerprint density at radius 1 is 1.28 bits per heavy atom. The SMILES string of the molecule is COc1ccc(/C=N\NC(=O)C2CC2)cc1COc1ccc(Br)cc1. The maximum atomic E-state index is 11.6. The monoisotopic (exact) mass is 402 g/mol. The van der Waals surface area contributed by atoms with Crippen LogP contribution in [0.2, 0.25) is 0 Å². The molecule has 0 unspecified atom stereocenters. The molecule has 0 atom stereocenters. The zero-order valence-electron chi connectivity index (χ0n) is 13.9. The van der Waals surface area contributed by atoms with Gasteiger partial charge in [0.05, 0.1) is 13.3 Å². The summed E-state index contributed by atoms with van der Waals surface area (Å²) in [5, 5.41) is 4.02. The fraction of sp³-hybridized carbons (Fsp3) is 0.263. The number of rotatable bonds is 7. The van der Waals surface area contributed by atoms with E-state index in [9.17, 15) is 4.79 Å². The van der Waals surface area contributed by atoms with Gasteiger partial charge in [0.1, 0.15) is 18.1 Å². The van der Waals surface area contributed by atoms with Crippen LogP contribution in [-0.4, -0.2) is 19.2 Å². The van der Waals surface area contributed by atoms with Crippen LogP contribution >= 0.6 is 15.9 Å². The molecule has 0 radical (unpaired) electrons. The van der Waals surface area contributed by atoms with Gasteiger partial charge in [-0.1, -0.05) is 15.9 Å². The molecule has 0 bridgehead atoms. The van der Waals surface area contributed by atoms with Crippen molar-refractivity contribution >= 4 is 28.1 Å². The summed E-state index contributed by atoms with van der Waals surface area (Å²) in [7, 11) is 1.63. The van der Waals surface area contributed by atoms with Crippen molar-refractivity contribution in [3.05, 3.63) is 58.1 Å². The lowest BCUT2D eigenvalue weighted by Crippen LogP contribution is -2.18. The number of halogens is 1. The zero-order valence-corrected chi connectivity index (χ0v) is 15.5. The van der Waals surface area contributed by atoms with Crippen molar-refractivity contribution in [2.24, 2.45) is 11.0 Å². The number of carbonyl (C=O) groups excluding carboxylic acids is 1. The summed E-state index contributed by atoms with van der Waals surface area (Å²) in [4.78, 5) is 11.6. The minimum Gasteiger partial charge on any atom is -0.496 e. The lowest BCUT2D eigenvalue weighted by molar-refractivity contribution is -0.122. The van der Waals surface area contributed by atoms with E-state index in [0.717, 1.165) is 39.9 Å². The summed E-state index contributed by atoms with van der Waals surface area (Å²) < 4.78 is 12.2. The van der Waals surface area contributed by atoms with Crippen molar-refractivity contribution < 1.29 is 14.3 Å². The number of amides is 1. The maximum Gasteiger partial charge on any atom is 0.243 e. The van der Waals surface area contributed by atoms with Gasteiger partial charge in [0.15, 0.2) is 0 Å². The summed E-state index contributed by atoms with van der Waals surface area (Å²) >= 11 is 3.40. The van der Waals surface area contributed by atoms with E-state index in [1.165, 1.54) is 0 Å². The number of ether oxygens (including phenoxy) is 2. The molecule has 130 valence electrons. The molecule has 1 aliphatic carbocycles. The third-order valence-corrected chi connectivity index (χ3v) is 4.38. The molecule has 1 amide bonds. The first-order chi connectivity index (χ1) is 12.2. The highest BCUT2D eigenvalue weighted by molar-refractivity contribution is 9.10. The fourth-order valence-electron chi connectivity index (χ4n) is 2.29. The summed E-state index contributed by atoms with van der Waals surface area (Å²) in [5.74, 6) is 1.66. The minimum atomic E-state index is -0.0106. The molecular weight excluding hydrogens is 384 g/mol. The number of hydrazone groups is 1. The Morgan fingerprint density at radius 3 is 2.72 bits per heavy atom. The second-order valence-electron chi connectivity index (χ2n) is 5.82. The summed E-state index contributed by atoms with van der Waals surface area (Å²) in [6.07, 6.45) is 3.55. The number of methoxy groups -OCH3 is 1. The van der Waals surface area contributed by atoms with E-state index in [0.29, 0.717) is 6.61 Å². The normalized spacial score (nSPS) is 13.7. The van der Waals surface area contributed by atoms with E-state index < -0.39 is 0 Å². The predicted molar refractivity (Wildman–Crippen MR) is 99.9 cm³/mol. The van der Waals surface area contributed by atoms with Crippen LogP contribution in [0.15, 0.2) is 52.0 Å². The standard InChI is InChI=1S/C19H19BrN2O3/c1-24-18-9-2-13(11-21-22-19(23)14-3-4-14)10-15(18)12-25-17-7-5-16(20)6-8-17/h2,5-11,14H,3-4,12H2,1H3,(H,22,23)/b21-11-. The first-order valence-corrected chi connectivity index (χ1v) is 8.83. The van der Waals surface area contributed by atoms with Crippen molar-refractivity contribution in [3.8, 4) is 11.5 Å². The van der Waals surface area contributed by atoms with Crippen molar-refractivity contribution in [1.82, 2.24) is 5.43 Å². The Kier molecular flexibility index (Phi) is 5.71. The van der Waals surface area contributed by atoms with Gasteiger partial charge >= 0.3 is 0 Å². The molecule has 25 heavy (non-hydrogen) atoms. The minimum absolute atomic E-state index is 0.0106. The largest absolute Gasteiger partial charge is 0.496 e. The van der Waals surface area contributed by atoms with Gasteiger partial charge in [0.2, 0.25) is 5.91 Å². The van der Waals surface area contributed by atoms with Crippen molar-refractivity contribution in [2.75, 3.05) is 7.11 Å². The maximum absolute atomic E-state index is 11.6. The van der Waals surface area contributed by atoms with Crippen LogP contribution in [0.25, 0.3) is 0 Å². The van der Waals surface area contributed by atoms with E-state index in [1.54, 1.807) is 13.3 Å². The predicted octanol–water partition coefficient (Wildman–Crippen LogP) is 3.90. The molecular formula is C19H19BrN2O3. The van der Waals surface area contributed by atoms with Gasteiger partial charge in [-0.25, -0.2) is 5.43 Å². The fourth-order valence-corrected chi connectivity index (χ4v) is 2.56. The Hall–Kier alpha value is -2.34. The average Bonchev–Trinajstić information content (AvgIpc) is 3.46. The number of hydrogen-bond acceptors (Lipinski definition) is 4. The molecule has 2 aromatic carbocycles. The quantitative estimate of drug-likeness (QED) is 0.564. The number of nitrogens with zero attached hydrogens (tertiary/aromatic N) is 1. The third kappa shape index (κ3) is 5.06. The second kappa shape index (κ2) is 8.16. The number of hydrogen-bond donors (Lipinski definition) is 1. The second-order valence-corrected chi connectivity index (χ2v) is 6.74. The van der Waals surface area contributed by atoms with Gasteiger partial charge in [0.25, 0.3) is 0 Å². The highest BCUT2D eigenvalue weighted by Crippen LogP contribution is 2.28. The van der Waals surface area contributed by atoms with Gasteiger partial charge in [-0.2, -0.15) is 5.10 Å². The summed E-state index contributed by atoms with van der Waals surface area (Å²) in [6, 6.07) is 13.3. The molecule has 1 fully saturated rings. The lowest BCUT2D eigenvalue weighted by Gasteiger charge is -2.11. The highest BCUT2D eigenvalue weighted by atomic mass is 79.9. The smallest absolute Gasteiger partial charge is 0.243 e. The molecule has 6 heteroatoms. The molecule has 2 aromatic rings. The molecule has 0 aromatic heterocycles. The van der Waals surface area contributed by atoms with Crippen LogP contribution in [-0.2, 0) is 11.4 Å². The van der Waals surface area contributed by atoms with E-state index >= 15 is 0 Å². The van der Waals surface area contributed by atoms with Crippen LogP contribution in [0, 0.1) is 5.92 Å². The Bertz CT molecular complexity index is 771. The molecule has 0 saturated heterocycles. The molecule has 3 rings (SSSR count). The third-order valence-electron chi connectivity index (χ3n) is 3.85. The van der Waals surface area contributed by atoms with Crippen LogP contribution in [0.1, 0.15) is 24.0 Å². The Balaban J connectivity index is 1.65. The van der Waals surface area contributed by atoms with Gasteiger partial charge in [-0.05, 0) is 60.9 Å². The van der Waals surface area contributed by atoms with E-state index in [2.05, 4.69) is 26.5 Å². The Labute approximate surface area is 155 Å². The topological polar surface area (TPSA) is 59.9 Å². The average molecular weight is 403 g/mol. The molecule has 1 aliphatic rings. The van der Waals surface area contributed by atoms with Crippen LogP contribution in [0.3, 0.4) is 0 Å². The van der Waals surface area contributed by atoms with Crippen LogP contribution in [0.4, 0.5) is 0 Å². The van der Waals surface area contributed by atoms with E-state index in [4.69, 9.17) is 9.47 Å². The molecule has 0 spiro atoms. The van der Waals surface area contributed by atoms with Gasteiger partial charge in [-0.3, -0.25) is 4.79 Å². The Morgan fingerprint density at radius 2 is 2.04 bits per heavy atom. The number of carbonyl (C=O) groups is 1. The number of benzene rings is 2. The number of nitrogens with one attached hydrogen (secondary N) is 1. The molecule has 0 heterocycles. The van der Waals surface area contributed by atoms with Gasteiger partial charge in [-0.15, -0.1) is 0 Å². The molecule has 5 nitrogen and oxygen atoms in total. The molecule has 1 N–H and O–H groups in total. The summed E-state index contributed by atoms with van der Waals surface area (Å²) in [6.45, 7) is 0.376. The molecule has 0 aliphatic heterocycles.